The molecule has 0 unspecified atom stereocenters. The molecule has 1 fully saturated rings. The number of nitrogens with one attached hydrogen (secondary N) is 1. The first-order chi connectivity index (χ1) is 22.7. The highest BCUT2D eigenvalue weighted by molar-refractivity contribution is 6.05. The van der Waals surface area contributed by atoms with E-state index in [1.54, 1.807) is 30.5 Å². The van der Waals surface area contributed by atoms with E-state index in [9.17, 15) is 14.4 Å². The van der Waals surface area contributed by atoms with Gasteiger partial charge in [-0.25, -0.2) is 8.78 Å². The van der Waals surface area contributed by atoms with Gasteiger partial charge < -0.3 is 20.5 Å². The predicted octanol–water partition coefficient (Wildman–Crippen LogP) is 3.64. The fourth-order valence-corrected chi connectivity index (χ4v) is 6.36. The lowest BCUT2D eigenvalue weighted by Crippen LogP contribution is -2.53. The van der Waals surface area contributed by atoms with Crippen LogP contribution in [-0.4, -0.2) is 69.7 Å². The molecule has 0 spiro atoms. The Labute approximate surface area is 266 Å². The number of aryl methyl sites for hydroxylation is 1. The van der Waals surface area contributed by atoms with E-state index in [4.69, 9.17) is 5.73 Å². The monoisotopic (exact) mass is 640 g/mol. The van der Waals surface area contributed by atoms with Crippen molar-refractivity contribution in [1.29, 1.82) is 0 Å². The zero-order valence-corrected chi connectivity index (χ0v) is 25.2. The fourth-order valence-electron chi connectivity index (χ4n) is 6.36. The molecule has 1 saturated heterocycles. The first-order valence-electron chi connectivity index (χ1n) is 15.3. The molecule has 5 heterocycles. The van der Waals surface area contributed by atoms with Crippen molar-refractivity contribution in [2.75, 3.05) is 11.9 Å². The Morgan fingerprint density at radius 1 is 0.957 bits per heavy atom. The van der Waals surface area contributed by atoms with Gasteiger partial charge in [-0.2, -0.15) is 15.3 Å². The lowest BCUT2D eigenvalue weighted by atomic mass is 10.0. The Bertz CT molecular complexity index is 2030. The van der Waals surface area contributed by atoms with Gasteiger partial charge in [-0.3, -0.25) is 19.1 Å². The van der Waals surface area contributed by atoms with Crippen molar-refractivity contribution in [3.8, 4) is 22.5 Å². The van der Waals surface area contributed by atoms with Crippen LogP contribution in [0.25, 0.3) is 33.4 Å². The molecule has 0 saturated carbocycles. The van der Waals surface area contributed by atoms with Gasteiger partial charge in [0.05, 0.1) is 23.5 Å². The molecule has 0 radical (unpaired) electrons. The lowest BCUT2D eigenvalue weighted by molar-refractivity contribution is -0.153. The number of primary amides is 1. The fraction of sp³-hybridized carbons (Fsp3) is 0.312. The highest BCUT2D eigenvalue weighted by Crippen LogP contribution is 2.34. The van der Waals surface area contributed by atoms with Crippen LogP contribution in [0.5, 0.6) is 0 Å². The highest BCUT2D eigenvalue weighted by atomic mass is 19.1. The maximum Gasteiger partial charge on any atom is 0.283 e. The van der Waals surface area contributed by atoms with Crippen LogP contribution in [0, 0.1) is 5.82 Å². The van der Waals surface area contributed by atoms with Gasteiger partial charge in [0.15, 0.2) is 11.5 Å². The average molecular weight is 641 g/mol. The van der Waals surface area contributed by atoms with E-state index in [1.807, 2.05) is 4.57 Å². The van der Waals surface area contributed by atoms with E-state index in [-0.39, 0.29) is 36.3 Å². The highest BCUT2D eigenvalue weighted by Gasteiger charge is 2.50. The van der Waals surface area contributed by atoms with Crippen LogP contribution in [0.4, 0.5) is 14.5 Å². The molecule has 13 nitrogen and oxygen atoms in total. The summed E-state index contributed by atoms with van der Waals surface area (Å²) in [5.74, 6) is -4.68. The zero-order chi connectivity index (χ0) is 32.7. The van der Waals surface area contributed by atoms with Crippen LogP contribution < -0.4 is 11.1 Å². The largest absolute Gasteiger partial charge is 0.364 e. The number of hydrogen-bond donors (Lipinski definition) is 2. The number of anilines is 1. The van der Waals surface area contributed by atoms with Gasteiger partial charge in [0.2, 0.25) is 5.91 Å². The van der Waals surface area contributed by atoms with Crippen LogP contribution in [0.1, 0.15) is 48.4 Å². The Morgan fingerprint density at radius 3 is 2.64 bits per heavy atom. The predicted molar refractivity (Wildman–Crippen MR) is 166 cm³/mol. The molecule has 240 valence electrons. The van der Waals surface area contributed by atoms with Gasteiger partial charge in [-0.1, -0.05) is 12.5 Å². The van der Waals surface area contributed by atoms with Gasteiger partial charge >= 0.3 is 0 Å². The molecule has 3 N–H and O–H groups in total. The van der Waals surface area contributed by atoms with Crippen molar-refractivity contribution in [2.45, 2.75) is 57.4 Å². The number of hydrogen-bond acceptors (Lipinski definition) is 8. The number of likely N-dealkylation sites (tertiary alicyclic amines) is 1. The summed E-state index contributed by atoms with van der Waals surface area (Å²) in [7, 11) is 0. The molecule has 2 aromatic carbocycles. The third kappa shape index (κ3) is 5.47. The van der Waals surface area contributed by atoms with E-state index in [0.717, 1.165) is 47.5 Å². The second kappa shape index (κ2) is 12.0. The smallest absolute Gasteiger partial charge is 0.283 e. The molecular weight excluding hydrogens is 610 g/mol. The molecule has 0 bridgehead atoms. The summed E-state index contributed by atoms with van der Waals surface area (Å²) in [5.41, 5.74) is 7.73. The first kappa shape index (κ1) is 30.1. The van der Waals surface area contributed by atoms with Gasteiger partial charge in [-0.05, 0) is 61.2 Å². The number of halogens is 2. The standard InChI is InChI=1S/C32H30F2N10O3/c33-24-8-7-21(16-22(24)30-40-39-26-5-2-1-3-13-42(26)30)38-31(47)32(34)11-4-14-43(32)27(45)18-44-25-9-6-19(20-10-12-36-37-17-20)15-23(25)28(41-44)29(35)46/h6-10,12,15-17H,1-5,11,13-14,18H2,(H2,35,46)(H,38,47)/t32-/m1/s1. The van der Waals surface area contributed by atoms with Crippen LogP contribution >= 0.6 is 0 Å². The summed E-state index contributed by atoms with van der Waals surface area (Å²) in [6.07, 6.45) is 6.76. The number of benzene rings is 2. The number of carbonyl (C=O) groups excluding carboxylic acids is 3. The minimum Gasteiger partial charge on any atom is -0.364 e. The van der Waals surface area contributed by atoms with E-state index in [0.29, 0.717) is 23.3 Å². The molecule has 15 heteroatoms. The van der Waals surface area contributed by atoms with E-state index in [2.05, 4.69) is 30.8 Å². The second-order valence-corrected chi connectivity index (χ2v) is 11.7. The minimum absolute atomic E-state index is 0.00955. The number of aromatic nitrogens is 7. The molecule has 5 aromatic rings. The van der Waals surface area contributed by atoms with E-state index in [1.165, 1.54) is 29.1 Å². The SMILES string of the molecule is NC(=O)c1nn(CC(=O)N2CCC[C@]2(F)C(=O)Nc2ccc(F)c(-c3nnc4n3CCCCC4)c2)c2ccc(-c3ccnnc3)cc12. The van der Waals surface area contributed by atoms with Gasteiger partial charge in [0.25, 0.3) is 17.6 Å². The van der Waals surface area contributed by atoms with E-state index >= 15 is 8.78 Å². The van der Waals surface area contributed by atoms with Crippen molar-refractivity contribution < 1.29 is 23.2 Å². The van der Waals surface area contributed by atoms with E-state index < -0.39 is 35.9 Å². The Balaban J connectivity index is 1.12. The van der Waals surface area contributed by atoms with Gasteiger partial charge in [0, 0.05) is 42.6 Å². The molecule has 3 amide bonds. The van der Waals surface area contributed by atoms with Crippen LogP contribution in [-0.2, 0) is 29.1 Å². The molecule has 1 atom stereocenters. The van der Waals surface area contributed by atoms with Crippen molar-refractivity contribution in [1.82, 2.24) is 39.6 Å². The summed E-state index contributed by atoms with van der Waals surface area (Å²) in [4.78, 5) is 40.2. The molecule has 3 aromatic heterocycles. The first-order valence-corrected chi connectivity index (χ1v) is 15.3. The minimum atomic E-state index is -2.67. The maximum atomic E-state index is 16.5. The number of fused-ring (bicyclic) bond motifs is 2. The lowest BCUT2D eigenvalue weighted by Gasteiger charge is -2.30. The summed E-state index contributed by atoms with van der Waals surface area (Å²) in [6.45, 7) is 0.191. The average Bonchev–Trinajstić information content (AvgIpc) is 3.72. The summed E-state index contributed by atoms with van der Waals surface area (Å²) in [6, 6.07) is 10.8. The molecule has 47 heavy (non-hydrogen) atoms. The molecule has 7 rings (SSSR count). The quantitative estimate of drug-likeness (QED) is 0.254. The number of rotatable bonds is 7. The Kier molecular flexibility index (Phi) is 7.66. The van der Waals surface area contributed by atoms with Crippen molar-refractivity contribution >= 4 is 34.3 Å². The summed E-state index contributed by atoms with van der Waals surface area (Å²) < 4.78 is 34.7. The maximum absolute atomic E-state index is 16.5. The molecule has 2 aliphatic heterocycles. The number of amides is 3. The number of carbonyl (C=O) groups is 3. The number of nitrogens with zero attached hydrogens (tertiary/aromatic N) is 8. The Hall–Kier alpha value is -5.60. The second-order valence-electron chi connectivity index (χ2n) is 11.7. The van der Waals surface area contributed by atoms with Crippen molar-refractivity contribution in [2.24, 2.45) is 5.73 Å². The number of nitrogens with two attached hydrogens (primary N) is 1. The third-order valence-corrected chi connectivity index (χ3v) is 8.73. The van der Waals surface area contributed by atoms with Crippen LogP contribution in [0.15, 0.2) is 54.9 Å². The molecular formula is C32H30F2N10O3. The van der Waals surface area contributed by atoms with Crippen LogP contribution in [0.3, 0.4) is 0 Å². The van der Waals surface area contributed by atoms with Crippen molar-refractivity contribution in [3.05, 3.63) is 72.2 Å². The number of alkyl halides is 1. The zero-order valence-electron chi connectivity index (χ0n) is 25.2. The normalized spacial score (nSPS) is 17.8. The van der Waals surface area contributed by atoms with Gasteiger partial charge in [0.1, 0.15) is 18.2 Å². The summed E-state index contributed by atoms with van der Waals surface area (Å²) >= 11 is 0. The topological polar surface area (TPSA) is 167 Å². The van der Waals surface area contributed by atoms with Crippen molar-refractivity contribution in [3.63, 3.8) is 0 Å². The molecule has 2 aliphatic rings. The van der Waals surface area contributed by atoms with Crippen LogP contribution in [0.2, 0.25) is 0 Å². The summed E-state index contributed by atoms with van der Waals surface area (Å²) in [5, 5.41) is 23.3. The molecule has 0 aliphatic carbocycles. The van der Waals surface area contributed by atoms with Gasteiger partial charge in [-0.15, -0.1) is 10.2 Å². The third-order valence-electron chi connectivity index (χ3n) is 8.73. The Morgan fingerprint density at radius 2 is 1.83 bits per heavy atom.